The predicted octanol–water partition coefficient (Wildman–Crippen LogP) is 1.16. The van der Waals surface area contributed by atoms with Crippen molar-refractivity contribution in [2.45, 2.75) is 6.92 Å². The Morgan fingerprint density at radius 1 is 1.28 bits per heavy atom. The molecule has 0 aromatic heterocycles. The highest BCUT2D eigenvalue weighted by atomic mass is 16.3. The molecule has 8 nitrogen and oxygen atoms in total. The molecule has 0 radical (unpaired) electrons. The average Bonchev–Trinajstić information content (AvgIpc) is 2.36. The minimum absolute atomic E-state index is 0.213. The number of carbonyl (C=O) groups excluding carboxylic acids is 2. The van der Waals surface area contributed by atoms with E-state index in [1.165, 1.54) is 25.2 Å². The smallest absolute Gasteiger partial charge is 0.267 e. The summed E-state index contributed by atoms with van der Waals surface area (Å²) in [6.07, 6.45) is 0. The molecule has 0 fully saturated rings. The van der Waals surface area contributed by atoms with E-state index in [1.54, 1.807) is 12.3 Å². The first-order valence-corrected chi connectivity index (χ1v) is 4.86. The van der Waals surface area contributed by atoms with Gasteiger partial charge in [-0.25, -0.2) is 5.43 Å². The van der Waals surface area contributed by atoms with Crippen LogP contribution in [-0.4, -0.2) is 23.9 Å². The number of carbonyl (C=O) groups is 2. The fourth-order valence-electron chi connectivity index (χ4n) is 1.38. The van der Waals surface area contributed by atoms with Crippen molar-refractivity contribution in [3.8, 4) is 0 Å². The number of amides is 2. The minimum Gasteiger partial charge on any atom is -0.267 e. The van der Waals surface area contributed by atoms with Gasteiger partial charge < -0.3 is 0 Å². The van der Waals surface area contributed by atoms with Gasteiger partial charge in [0.05, 0.1) is 10.6 Å². The van der Waals surface area contributed by atoms with E-state index in [0.29, 0.717) is 10.6 Å². The van der Waals surface area contributed by atoms with Crippen molar-refractivity contribution in [2.75, 3.05) is 7.05 Å². The summed E-state index contributed by atoms with van der Waals surface area (Å²) in [4.78, 5) is 43.1. The van der Waals surface area contributed by atoms with Crippen molar-refractivity contribution in [3.63, 3.8) is 0 Å². The number of rotatable bonds is 4. The second-order valence-corrected chi connectivity index (χ2v) is 3.47. The molecular formula is C10H10N4O4. The Kier molecular flexibility index (Phi) is 4.19. The molecule has 0 unspecified atom stereocenters. The summed E-state index contributed by atoms with van der Waals surface area (Å²) in [7, 11) is 1.22. The summed E-state index contributed by atoms with van der Waals surface area (Å²) >= 11 is 0. The van der Waals surface area contributed by atoms with Gasteiger partial charge in [0.25, 0.3) is 11.8 Å². The molecule has 0 aliphatic heterocycles. The summed E-state index contributed by atoms with van der Waals surface area (Å²) in [6.45, 7) is 1.59. The van der Waals surface area contributed by atoms with Gasteiger partial charge in [-0.15, -0.1) is 9.81 Å². The Bertz CT molecular complexity index is 515. The van der Waals surface area contributed by atoms with Gasteiger partial charge in [0.15, 0.2) is 0 Å². The lowest BCUT2D eigenvalue weighted by molar-refractivity contribution is 0.0796. The Morgan fingerprint density at radius 3 is 2.44 bits per heavy atom. The largest absolute Gasteiger partial charge is 0.276 e. The van der Waals surface area contributed by atoms with Gasteiger partial charge in [0.2, 0.25) is 0 Å². The molecule has 18 heavy (non-hydrogen) atoms. The van der Waals surface area contributed by atoms with Gasteiger partial charge in [0.1, 0.15) is 0 Å². The Balaban J connectivity index is 3.06. The van der Waals surface area contributed by atoms with Crippen LogP contribution in [0.1, 0.15) is 26.3 Å². The highest BCUT2D eigenvalue weighted by Crippen LogP contribution is 2.13. The normalized spacial score (nSPS) is 9.44. The topological polar surface area (TPSA) is 108 Å². The molecular weight excluding hydrogens is 240 g/mol. The third-order valence-corrected chi connectivity index (χ3v) is 2.28. The highest BCUT2D eigenvalue weighted by molar-refractivity contribution is 5.98. The molecule has 0 aliphatic carbocycles. The first-order chi connectivity index (χ1) is 8.51. The lowest BCUT2D eigenvalue weighted by Gasteiger charge is -2.09. The van der Waals surface area contributed by atoms with Crippen LogP contribution in [0.5, 0.6) is 0 Å². The Labute approximate surface area is 102 Å². The van der Waals surface area contributed by atoms with E-state index in [1.807, 2.05) is 0 Å². The molecule has 1 N–H and O–H groups in total. The van der Waals surface area contributed by atoms with Crippen molar-refractivity contribution in [1.82, 2.24) is 10.4 Å². The van der Waals surface area contributed by atoms with Crippen LogP contribution >= 0.6 is 0 Å². The Morgan fingerprint density at radius 2 is 1.94 bits per heavy atom. The van der Waals surface area contributed by atoms with Crippen molar-refractivity contribution < 1.29 is 9.59 Å². The van der Waals surface area contributed by atoms with Crippen molar-refractivity contribution in [2.24, 2.45) is 10.6 Å². The van der Waals surface area contributed by atoms with Crippen LogP contribution in [0.2, 0.25) is 0 Å². The van der Waals surface area contributed by atoms with Crippen LogP contribution in [-0.2, 0) is 0 Å². The number of nitrogens with zero attached hydrogens (tertiary/aromatic N) is 3. The number of aryl methyl sites for hydroxylation is 1. The average molecular weight is 250 g/mol. The monoisotopic (exact) mass is 250 g/mol. The molecule has 0 saturated carbocycles. The standard InChI is InChI=1S/C10H10N4O4/c1-6-5-7(10(16)14(2)13-18)3-4-8(6)9(15)11-12-17/h3-5H,1-2H3,(H,11,15,17). The van der Waals surface area contributed by atoms with Crippen LogP contribution < -0.4 is 5.43 Å². The molecule has 0 spiro atoms. The molecule has 0 heterocycles. The van der Waals surface area contributed by atoms with E-state index < -0.39 is 11.8 Å². The molecule has 2 amide bonds. The van der Waals surface area contributed by atoms with E-state index >= 15 is 0 Å². The van der Waals surface area contributed by atoms with Crippen LogP contribution in [0.4, 0.5) is 0 Å². The lowest BCUT2D eigenvalue weighted by atomic mass is 10.0. The molecule has 1 rings (SSSR count). The van der Waals surface area contributed by atoms with E-state index in [2.05, 4.69) is 10.6 Å². The molecule has 8 heteroatoms. The first kappa shape index (κ1) is 13.4. The third kappa shape index (κ3) is 2.73. The van der Waals surface area contributed by atoms with Crippen molar-refractivity contribution in [3.05, 3.63) is 44.7 Å². The van der Waals surface area contributed by atoms with Crippen LogP contribution in [0.3, 0.4) is 0 Å². The summed E-state index contributed by atoms with van der Waals surface area (Å²) < 4.78 is 0. The predicted molar refractivity (Wildman–Crippen MR) is 62.3 cm³/mol. The first-order valence-electron chi connectivity index (χ1n) is 4.86. The molecule has 94 valence electrons. The zero-order valence-corrected chi connectivity index (χ0v) is 9.71. The molecule has 0 bridgehead atoms. The maximum Gasteiger partial charge on any atom is 0.276 e. The summed E-state index contributed by atoms with van der Waals surface area (Å²) in [5.74, 6) is -1.25. The molecule has 0 aliphatic rings. The fourth-order valence-corrected chi connectivity index (χ4v) is 1.38. The quantitative estimate of drug-likeness (QED) is 0.638. The van der Waals surface area contributed by atoms with Gasteiger partial charge in [-0.1, -0.05) is 0 Å². The second kappa shape index (κ2) is 5.62. The lowest BCUT2D eigenvalue weighted by Crippen LogP contribution is -2.21. The fraction of sp³-hybridized carbons (Fsp3) is 0.200. The molecule has 1 aromatic rings. The van der Waals surface area contributed by atoms with Gasteiger partial charge in [0, 0.05) is 18.2 Å². The molecule has 1 aromatic carbocycles. The number of nitroso groups, excluding NO2 is 2. The second-order valence-electron chi connectivity index (χ2n) is 3.47. The zero-order valence-electron chi connectivity index (χ0n) is 9.71. The van der Waals surface area contributed by atoms with Crippen LogP contribution in [0.15, 0.2) is 28.8 Å². The number of hydrogen-bond donors (Lipinski definition) is 1. The van der Waals surface area contributed by atoms with Gasteiger partial charge in [-0.05, 0) is 30.7 Å². The highest BCUT2D eigenvalue weighted by Gasteiger charge is 2.15. The van der Waals surface area contributed by atoms with Gasteiger partial charge >= 0.3 is 0 Å². The van der Waals surface area contributed by atoms with E-state index in [0.717, 1.165) is 0 Å². The SMILES string of the molecule is Cc1cc(C(=O)N(C)N=O)ccc1C(=O)NN=O. The maximum absolute atomic E-state index is 11.6. The van der Waals surface area contributed by atoms with Gasteiger partial charge in [-0.2, -0.15) is 5.01 Å². The van der Waals surface area contributed by atoms with E-state index in [-0.39, 0.29) is 11.1 Å². The number of benzene rings is 1. The summed E-state index contributed by atoms with van der Waals surface area (Å²) in [5.41, 5.74) is 2.65. The van der Waals surface area contributed by atoms with Crippen molar-refractivity contribution in [1.29, 1.82) is 0 Å². The number of hydrogen-bond acceptors (Lipinski definition) is 6. The zero-order chi connectivity index (χ0) is 13.7. The van der Waals surface area contributed by atoms with E-state index in [4.69, 9.17) is 0 Å². The van der Waals surface area contributed by atoms with E-state index in [9.17, 15) is 19.4 Å². The summed E-state index contributed by atoms with van der Waals surface area (Å²) in [5, 5.41) is 5.39. The number of nitrogens with one attached hydrogen (secondary N) is 1. The van der Waals surface area contributed by atoms with Crippen molar-refractivity contribution >= 4 is 11.8 Å². The molecule has 0 atom stereocenters. The van der Waals surface area contributed by atoms with Crippen LogP contribution in [0, 0.1) is 16.7 Å². The van der Waals surface area contributed by atoms with Gasteiger partial charge in [-0.3, -0.25) is 9.59 Å². The maximum atomic E-state index is 11.6. The Hall–Kier alpha value is -2.64. The van der Waals surface area contributed by atoms with Crippen LogP contribution in [0.25, 0.3) is 0 Å². The third-order valence-electron chi connectivity index (χ3n) is 2.28. The molecule has 0 saturated heterocycles. The summed E-state index contributed by atoms with van der Waals surface area (Å²) in [6, 6.07) is 4.14. The minimum atomic E-state index is -0.664.